The Morgan fingerprint density at radius 2 is 1.86 bits per heavy atom. The molecule has 0 aromatic rings. The molecule has 4 nitrogen and oxygen atoms in total. The summed E-state index contributed by atoms with van der Waals surface area (Å²) in [6.45, 7) is 0.594. The van der Waals surface area contributed by atoms with Crippen LogP contribution in [0.1, 0.15) is 38.5 Å². The minimum absolute atomic E-state index is 0.277. The molecule has 0 N–H and O–H groups in total. The zero-order valence-corrected chi connectivity index (χ0v) is 9.87. The van der Waals surface area contributed by atoms with Crippen LogP contribution in [-0.2, 0) is 4.79 Å². The molecular weight excluding hydrogens is 246 g/mol. The maximum absolute atomic E-state index is 10.9. The van der Waals surface area contributed by atoms with Crippen molar-refractivity contribution in [3.8, 4) is 0 Å². The normalized spacial score (nSPS) is 9.50. The van der Waals surface area contributed by atoms with Gasteiger partial charge < -0.3 is 0 Å². The zero-order chi connectivity index (χ0) is 10.6. The Bertz CT molecular complexity index is 202. The monoisotopic (exact) mass is 261 g/mol. The second kappa shape index (κ2) is 10.5. The first kappa shape index (κ1) is 13.5. The molecule has 5 heteroatoms. The average Bonchev–Trinajstić information content (AvgIpc) is 2.21. The molecule has 0 aromatic heterocycles. The van der Waals surface area contributed by atoms with Crippen LogP contribution in [0.15, 0.2) is 5.11 Å². The SMILES string of the molecule is [N-]=[N+]=NCCCCCCCC(=O)CBr. The molecule has 0 bridgehead atoms. The molecule has 0 unspecified atom stereocenters. The third-order valence-corrected chi connectivity index (χ3v) is 2.55. The molecule has 0 aliphatic heterocycles. The number of nitrogens with zero attached hydrogens (tertiary/aromatic N) is 3. The fourth-order valence-corrected chi connectivity index (χ4v) is 1.43. The highest BCUT2D eigenvalue weighted by Crippen LogP contribution is 2.06. The Morgan fingerprint density at radius 3 is 2.50 bits per heavy atom. The lowest BCUT2D eigenvalue weighted by molar-refractivity contribution is -0.116. The van der Waals surface area contributed by atoms with Crippen LogP contribution in [0.5, 0.6) is 0 Å². The Kier molecular flexibility index (Phi) is 10.1. The van der Waals surface area contributed by atoms with Gasteiger partial charge in [0.25, 0.3) is 0 Å². The number of ketones is 1. The van der Waals surface area contributed by atoms with Gasteiger partial charge in [0.05, 0.1) is 5.33 Å². The second-order valence-corrected chi connectivity index (χ2v) is 3.71. The lowest BCUT2D eigenvalue weighted by Gasteiger charge is -1.98. The number of unbranched alkanes of at least 4 members (excludes halogenated alkanes) is 4. The standard InChI is InChI=1S/C9H16BrN3O/c10-8-9(14)6-4-2-1-3-5-7-12-13-11/h1-8H2. The fraction of sp³-hybridized carbons (Fsp3) is 0.889. The highest BCUT2D eigenvalue weighted by atomic mass is 79.9. The van der Waals surface area contributed by atoms with Crippen LogP contribution in [0.3, 0.4) is 0 Å². The maximum Gasteiger partial charge on any atom is 0.143 e. The number of Topliss-reactive ketones (excluding diaryl/α,β-unsaturated/α-hetero) is 1. The summed E-state index contributed by atoms with van der Waals surface area (Å²) in [5.41, 5.74) is 8.01. The number of rotatable bonds is 9. The number of alkyl halides is 1. The smallest absolute Gasteiger partial charge is 0.143 e. The number of carbonyl (C=O) groups is 1. The fourth-order valence-electron chi connectivity index (χ4n) is 1.15. The first-order valence-electron chi connectivity index (χ1n) is 4.89. The molecule has 0 rings (SSSR count). The number of azide groups is 1. The van der Waals surface area contributed by atoms with Gasteiger partial charge in [0.15, 0.2) is 0 Å². The van der Waals surface area contributed by atoms with E-state index in [2.05, 4.69) is 26.0 Å². The molecule has 0 amide bonds. The highest BCUT2D eigenvalue weighted by Gasteiger charge is 1.97. The van der Waals surface area contributed by atoms with E-state index >= 15 is 0 Å². The molecule has 80 valence electrons. The summed E-state index contributed by atoms with van der Waals surface area (Å²) in [5.74, 6) is 0.277. The van der Waals surface area contributed by atoms with Crippen molar-refractivity contribution in [1.82, 2.24) is 0 Å². The summed E-state index contributed by atoms with van der Waals surface area (Å²) < 4.78 is 0. The predicted molar refractivity (Wildman–Crippen MR) is 60.5 cm³/mol. The summed E-state index contributed by atoms with van der Waals surface area (Å²) >= 11 is 3.13. The molecule has 0 aromatic carbocycles. The molecule has 0 aliphatic carbocycles. The van der Waals surface area contributed by atoms with Crippen LogP contribution in [-0.4, -0.2) is 17.7 Å². The van der Waals surface area contributed by atoms with E-state index < -0.39 is 0 Å². The first-order chi connectivity index (χ1) is 6.81. The summed E-state index contributed by atoms with van der Waals surface area (Å²) in [5, 5.41) is 3.93. The number of halogens is 1. The maximum atomic E-state index is 10.9. The quantitative estimate of drug-likeness (QED) is 0.206. The Balaban J connectivity index is 3.06. The van der Waals surface area contributed by atoms with E-state index in [9.17, 15) is 4.79 Å². The molecule has 0 aliphatic rings. The van der Waals surface area contributed by atoms with Gasteiger partial charge in [-0.05, 0) is 18.4 Å². The molecule has 0 radical (unpaired) electrons. The first-order valence-corrected chi connectivity index (χ1v) is 6.02. The van der Waals surface area contributed by atoms with E-state index in [0.717, 1.165) is 32.1 Å². The molecule has 0 saturated heterocycles. The summed E-state index contributed by atoms with van der Waals surface area (Å²) in [4.78, 5) is 13.6. The average molecular weight is 262 g/mol. The lowest BCUT2D eigenvalue weighted by Crippen LogP contribution is -1.97. The Morgan fingerprint density at radius 1 is 1.21 bits per heavy atom. The van der Waals surface area contributed by atoms with Gasteiger partial charge in [-0.15, -0.1) is 0 Å². The molecular formula is C9H16BrN3O. The third kappa shape index (κ3) is 9.55. The number of hydrogen-bond acceptors (Lipinski definition) is 2. The van der Waals surface area contributed by atoms with Crippen LogP contribution < -0.4 is 0 Å². The van der Waals surface area contributed by atoms with Crippen molar-refractivity contribution in [2.45, 2.75) is 38.5 Å². The van der Waals surface area contributed by atoms with Gasteiger partial charge in [-0.1, -0.05) is 40.3 Å². The second-order valence-electron chi connectivity index (χ2n) is 3.14. The van der Waals surface area contributed by atoms with E-state index in [1.165, 1.54) is 0 Å². The number of carbonyl (C=O) groups excluding carboxylic acids is 1. The van der Waals surface area contributed by atoms with Crippen LogP contribution >= 0.6 is 15.9 Å². The Labute approximate surface area is 92.8 Å². The molecule has 0 spiro atoms. The summed E-state index contributed by atoms with van der Waals surface area (Å²) in [7, 11) is 0. The molecule has 0 fully saturated rings. The number of hydrogen-bond donors (Lipinski definition) is 0. The van der Waals surface area contributed by atoms with E-state index in [1.54, 1.807) is 0 Å². The molecule has 14 heavy (non-hydrogen) atoms. The highest BCUT2D eigenvalue weighted by molar-refractivity contribution is 9.09. The van der Waals surface area contributed by atoms with Crippen LogP contribution in [0.4, 0.5) is 0 Å². The third-order valence-electron chi connectivity index (χ3n) is 1.93. The summed E-state index contributed by atoms with van der Waals surface area (Å²) in [6.07, 6.45) is 5.91. The van der Waals surface area contributed by atoms with Gasteiger partial charge in [0.2, 0.25) is 0 Å². The molecule has 0 saturated carbocycles. The van der Waals surface area contributed by atoms with E-state index in [1.807, 2.05) is 0 Å². The largest absolute Gasteiger partial charge is 0.299 e. The van der Waals surface area contributed by atoms with Gasteiger partial charge in [0.1, 0.15) is 5.78 Å². The van der Waals surface area contributed by atoms with Gasteiger partial charge in [-0.25, -0.2) is 0 Å². The van der Waals surface area contributed by atoms with E-state index in [4.69, 9.17) is 5.53 Å². The van der Waals surface area contributed by atoms with E-state index in [-0.39, 0.29) is 5.78 Å². The minimum Gasteiger partial charge on any atom is -0.299 e. The predicted octanol–water partition coefficient (Wildman–Crippen LogP) is 3.60. The van der Waals surface area contributed by atoms with E-state index in [0.29, 0.717) is 18.3 Å². The van der Waals surface area contributed by atoms with Crippen molar-refractivity contribution >= 4 is 21.7 Å². The van der Waals surface area contributed by atoms with Crippen LogP contribution in [0.2, 0.25) is 0 Å². The van der Waals surface area contributed by atoms with Gasteiger partial charge >= 0.3 is 0 Å². The van der Waals surface area contributed by atoms with Crippen molar-refractivity contribution in [2.75, 3.05) is 11.9 Å². The zero-order valence-electron chi connectivity index (χ0n) is 8.28. The topological polar surface area (TPSA) is 65.8 Å². The van der Waals surface area contributed by atoms with Crippen molar-refractivity contribution in [3.63, 3.8) is 0 Å². The van der Waals surface area contributed by atoms with Crippen LogP contribution in [0, 0.1) is 0 Å². The lowest BCUT2D eigenvalue weighted by atomic mass is 10.1. The van der Waals surface area contributed by atoms with Crippen molar-refractivity contribution in [2.24, 2.45) is 5.11 Å². The Hall–Kier alpha value is -0.540. The van der Waals surface area contributed by atoms with Gasteiger partial charge in [-0.3, -0.25) is 4.79 Å². The van der Waals surface area contributed by atoms with Gasteiger partial charge in [0, 0.05) is 17.9 Å². The molecule has 0 heterocycles. The van der Waals surface area contributed by atoms with Crippen molar-refractivity contribution in [3.05, 3.63) is 10.4 Å². The molecule has 0 atom stereocenters. The van der Waals surface area contributed by atoms with Gasteiger partial charge in [-0.2, -0.15) is 0 Å². The summed E-state index contributed by atoms with van der Waals surface area (Å²) in [6, 6.07) is 0. The van der Waals surface area contributed by atoms with Crippen molar-refractivity contribution in [1.29, 1.82) is 0 Å². The van der Waals surface area contributed by atoms with Crippen LogP contribution in [0.25, 0.3) is 10.4 Å². The van der Waals surface area contributed by atoms with Crippen molar-refractivity contribution < 1.29 is 4.79 Å². The minimum atomic E-state index is 0.277.